The van der Waals surface area contributed by atoms with Crippen LogP contribution in [0.4, 0.5) is 0 Å². The lowest BCUT2D eigenvalue weighted by atomic mass is 10.2. The van der Waals surface area contributed by atoms with Crippen LogP contribution < -0.4 is 5.73 Å². The van der Waals surface area contributed by atoms with E-state index in [1.165, 1.54) is 23.5 Å². The van der Waals surface area contributed by atoms with Crippen LogP contribution in [0.1, 0.15) is 6.42 Å². The summed E-state index contributed by atoms with van der Waals surface area (Å²) in [4.78, 5) is 14.0. The van der Waals surface area contributed by atoms with E-state index in [4.69, 9.17) is 22.1 Å². The minimum Gasteiger partial charge on any atom is -0.380 e. The number of ether oxygens (including phenoxy) is 1. The number of sulfonamides is 1. The number of rotatable bonds is 6. The highest BCUT2D eigenvalue weighted by Gasteiger charge is 2.30. The van der Waals surface area contributed by atoms with E-state index in [2.05, 4.69) is 0 Å². The molecule has 2 N–H and O–H groups in total. The van der Waals surface area contributed by atoms with Crippen molar-refractivity contribution in [3.05, 3.63) is 29.3 Å². The summed E-state index contributed by atoms with van der Waals surface area (Å²) in [5, 5.41) is 0.372. The van der Waals surface area contributed by atoms with Gasteiger partial charge in [-0.3, -0.25) is 4.79 Å². The SMILES string of the molecule is COC(CN)CC(=O)N1CCN(S(=O)(=O)c2cccc(Cl)c2)CC1.Cl. The molecule has 1 atom stereocenters. The van der Waals surface area contributed by atoms with Gasteiger partial charge in [-0.1, -0.05) is 17.7 Å². The highest BCUT2D eigenvalue weighted by atomic mass is 35.5. The predicted molar refractivity (Wildman–Crippen MR) is 98.5 cm³/mol. The van der Waals surface area contributed by atoms with Crippen molar-refractivity contribution < 1.29 is 17.9 Å². The van der Waals surface area contributed by atoms with Crippen molar-refractivity contribution in [2.75, 3.05) is 39.8 Å². The minimum atomic E-state index is -3.60. The van der Waals surface area contributed by atoms with Gasteiger partial charge >= 0.3 is 0 Å². The first-order chi connectivity index (χ1) is 11.4. The van der Waals surface area contributed by atoms with Crippen molar-refractivity contribution >= 4 is 39.9 Å². The van der Waals surface area contributed by atoms with Crippen molar-refractivity contribution in [2.24, 2.45) is 5.73 Å². The third kappa shape index (κ3) is 5.54. The van der Waals surface area contributed by atoms with Crippen LogP contribution in [0.15, 0.2) is 29.2 Å². The Labute approximate surface area is 159 Å². The predicted octanol–water partition coefficient (Wildman–Crippen LogP) is 0.958. The van der Waals surface area contributed by atoms with Gasteiger partial charge in [0, 0.05) is 44.9 Å². The number of carbonyl (C=O) groups excluding carboxylic acids is 1. The zero-order valence-electron chi connectivity index (χ0n) is 13.9. The monoisotopic (exact) mass is 411 g/mol. The molecule has 0 saturated carbocycles. The number of hydrogen-bond donors (Lipinski definition) is 1. The second-order valence-electron chi connectivity index (χ2n) is 5.54. The quantitative estimate of drug-likeness (QED) is 0.752. The van der Waals surface area contributed by atoms with Crippen LogP contribution in [0, 0.1) is 0 Å². The highest BCUT2D eigenvalue weighted by molar-refractivity contribution is 7.89. The molecule has 1 unspecified atom stereocenters. The van der Waals surface area contributed by atoms with Gasteiger partial charge in [0.25, 0.3) is 0 Å². The largest absolute Gasteiger partial charge is 0.380 e. The van der Waals surface area contributed by atoms with E-state index >= 15 is 0 Å². The fourth-order valence-electron chi connectivity index (χ4n) is 2.54. The van der Waals surface area contributed by atoms with Gasteiger partial charge in [-0.2, -0.15) is 4.31 Å². The second kappa shape index (κ2) is 9.70. The molecule has 1 aromatic carbocycles. The van der Waals surface area contributed by atoms with Crippen LogP contribution in [0.2, 0.25) is 5.02 Å². The molecule has 0 aliphatic carbocycles. The Kier molecular flexibility index (Phi) is 8.59. The molecule has 1 amide bonds. The lowest BCUT2D eigenvalue weighted by Gasteiger charge is -2.34. The number of amides is 1. The first-order valence-corrected chi connectivity index (χ1v) is 9.46. The van der Waals surface area contributed by atoms with Gasteiger partial charge in [-0.15, -0.1) is 12.4 Å². The summed E-state index contributed by atoms with van der Waals surface area (Å²) < 4.78 is 31.7. The molecular formula is C15H23Cl2N3O4S. The molecule has 0 aromatic heterocycles. The second-order valence-corrected chi connectivity index (χ2v) is 7.91. The van der Waals surface area contributed by atoms with Gasteiger partial charge in [0.05, 0.1) is 17.4 Å². The molecule has 10 heteroatoms. The smallest absolute Gasteiger partial charge is 0.243 e. The average molecular weight is 412 g/mol. The lowest BCUT2D eigenvalue weighted by molar-refractivity contribution is -0.134. The molecule has 1 heterocycles. The van der Waals surface area contributed by atoms with Crippen LogP contribution >= 0.6 is 24.0 Å². The standard InChI is InChI=1S/C15H22ClN3O4S.ClH/c1-23-13(11-17)10-15(20)18-5-7-19(8-6-18)24(21,22)14-4-2-3-12(16)9-14;/h2-4,9,13H,5-8,10-11,17H2,1H3;1H. The maximum atomic E-state index is 12.6. The molecule has 1 saturated heterocycles. The molecule has 0 spiro atoms. The number of benzene rings is 1. The van der Waals surface area contributed by atoms with Crippen molar-refractivity contribution in [1.29, 1.82) is 0 Å². The maximum absolute atomic E-state index is 12.6. The number of carbonyl (C=O) groups is 1. The molecule has 25 heavy (non-hydrogen) atoms. The van der Waals surface area contributed by atoms with Gasteiger partial charge < -0.3 is 15.4 Å². The zero-order chi connectivity index (χ0) is 17.7. The Morgan fingerprint density at radius 1 is 1.32 bits per heavy atom. The van der Waals surface area contributed by atoms with E-state index in [9.17, 15) is 13.2 Å². The van der Waals surface area contributed by atoms with Crippen LogP contribution in [0.5, 0.6) is 0 Å². The van der Waals surface area contributed by atoms with Crippen LogP contribution in [-0.2, 0) is 19.6 Å². The van der Waals surface area contributed by atoms with Gasteiger partial charge in [0.15, 0.2) is 0 Å². The Balaban J connectivity index is 0.00000312. The number of hydrogen-bond acceptors (Lipinski definition) is 5. The summed E-state index contributed by atoms with van der Waals surface area (Å²) in [6, 6.07) is 6.18. The summed E-state index contributed by atoms with van der Waals surface area (Å²) in [6.45, 7) is 1.46. The molecule has 0 bridgehead atoms. The van der Waals surface area contributed by atoms with E-state index in [0.29, 0.717) is 18.1 Å². The Bertz CT molecular complexity index is 675. The number of halogens is 2. The molecule has 1 aromatic rings. The molecule has 142 valence electrons. The molecule has 2 rings (SSSR count). The summed E-state index contributed by atoms with van der Waals surface area (Å²) in [5.74, 6) is -0.0768. The highest BCUT2D eigenvalue weighted by Crippen LogP contribution is 2.21. The zero-order valence-corrected chi connectivity index (χ0v) is 16.3. The third-order valence-electron chi connectivity index (χ3n) is 4.02. The minimum absolute atomic E-state index is 0. The van der Waals surface area contributed by atoms with Crippen molar-refractivity contribution in [3.63, 3.8) is 0 Å². The topological polar surface area (TPSA) is 92.9 Å². The number of piperazine rings is 1. The molecule has 0 radical (unpaired) electrons. The first kappa shape index (κ1) is 22.1. The molecule has 1 aliphatic heterocycles. The normalized spacial score (nSPS) is 17.0. The number of nitrogens with zero attached hydrogens (tertiary/aromatic N) is 2. The number of nitrogens with two attached hydrogens (primary N) is 1. The maximum Gasteiger partial charge on any atom is 0.243 e. The Morgan fingerprint density at radius 2 is 1.96 bits per heavy atom. The van der Waals surface area contributed by atoms with E-state index in [0.717, 1.165) is 0 Å². The summed E-state index contributed by atoms with van der Waals surface area (Å²) in [5.41, 5.74) is 5.52. The fraction of sp³-hybridized carbons (Fsp3) is 0.533. The van der Waals surface area contributed by atoms with Gasteiger partial charge in [0.1, 0.15) is 0 Å². The van der Waals surface area contributed by atoms with Crippen LogP contribution in [-0.4, -0.2) is 69.5 Å². The Morgan fingerprint density at radius 3 is 2.48 bits per heavy atom. The van der Waals surface area contributed by atoms with Crippen LogP contribution in [0.25, 0.3) is 0 Å². The lowest BCUT2D eigenvalue weighted by Crippen LogP contribution is -2.51. The van der Waals surface area contributed by atoms with E-state index in [-0.39, 0.29) is 55.4 Å². The molecule has 7 nitrogen and oxygen atoms in total. The van der Waals surface area contributed by atoms with E-state index in [1.807, 2.05) is 0 Å². The van der Waals surface area contributed by atoms with Crippen molar-refractivity contribution in [2.45, 2.75) is 17.4 Å². The molecule has 1 fully saturated rings. The van der Waals surface area contributed by atoms with Crippen molar-refractivity contribution in [1.82, 2.24) is 9.21 Å². The van der Waals surface area contributed by atoms with Gasteiger partial charge in [-0.05, 0) is 18.2 Å². The summed E-state index contributed by atoms with van der Waals surface area (Å²) in [6.07, 6.45) is -0.112. The van der Waals surface area contributed by atoms with E-state index < -0.39 is 10.0 Å². The Hall–Kier alpha value is -0.900. The fourth-order valence-corrected chi connectivity index (χ4v) is 4.26. The molecule has 1 aliphatic rings. The molecular weight excluding hydrogens is 389 g/mol. The van der Waals surface area contributed by atoms with Crippen LogP contribution in [0.3, 0.4) is 0 Å². The summed E-state index contributed by atoms with van der Waals surface area (Å²) in [7, 11) is -2.09. The van der Waals surface area contributed by atoms with E-state index in [1.54, 1.807) is 17.0 Å². The van der Waals surface area contributed by atoms with Gasteiger partial charge in [-0.25, -0.2) is 8.42 Å². The third-order valence-corrected chi connectivity index (χ3v) is 6.15. The number of methoxy groups -OCH3 is 1. The average Bonchev–Trinajstić information content (AvgIpc) is 2.59. The van der Waals surface area contributed by atoms with Gasteiger partial charge in [0.2, 0.25) is 15.9 Å². The first-order valence-electron chi connectivity index (χ1n) is 7.65. The van der Waals surface area contributed by atoms with Crippen molar-refractivity contribution in [3.8, 4) is 0 Å². The summed E-state index contributed by atoms with van der Waals surface area (Å²) >= 11 is 5.87.